The van der Waals surface area contributed by atoms with Crippen LogP contribution in [-0.2, 0) is 30.7 Å². The van der Waals surface area contributed by atoms with Crippen LogP contribution in [0.5, 0.6) is 0 Å². The molecule has 11 nitrogen and oxygen atoms in total. The zero-order valence-electron chi connectivity index (χ0n) is 27.9. The number of aromatic nitrogens is 1. The summed E-state index contributed by atoms with van der Waals surface area (Å²) in [6.45, 7) is 4.61. The zero-order chi connectivity index (χ0) is 35.0. The van der Waals surface area contributed by atoms with Gasteiger partial charge >= 0.3 is 6.09 Å². The fourth-order valence-electron chi connectivity index (χ4n) is 5.58. The molecule has 0 radical (unpaired) electrons. The first-order valence-corrected chi connectivity index (χ1v) is 19.2. The lowest BCUT2D eigenvalue weighted by atomic mass is 10.0. The average Bonchev–Trinajstić information content (AvgIpc) is 3.77. The third kappa shape index (κ3) is 11.3. The van der Waals surface area contributed by atoms with Crippen molar-refractivity contribution in [2.24, 2.45) is 5.92 Å². The molecule has 270 valence electrons. The molecule has 49 heavy (non-hydrogen) atoms. The molecule has 2 fully saturated rings. The number of carbonyl (C=O) groups is 1. The highest BCUT2D eigenvalue weighted by molar-refractivity contribution is 7.89. The van der Waals surface area contributed by atoms with Gasteiger partial charge in [0.05, 0.1) is 33.9 Å². The molecule has 0 spiro atoms. The number of benzene rings is 2. The summed E-state index contributed by atoms with van der Waals surface area (Å²) in [5, 5.41) is 18.1. The molecule has 3 N–H and O–H groups in total. The monoisotopic (exact) mass is 724 g/mol. The number of sulfonamides is 1. The number of halogens is 2. The summed E-state index contributed by atoms with van der Waals surface area (Å²) in [6.07, 6.45) is 3.57. The summed E-state index contributed by atoms with van der Waals surface area (Å²) in [7, 11) is -4.12. The number of thiazole rings is 1. The Kier molecular flexibility index (Phi) is 13.2. The fourth-order valence-corrected chi connectivity index (χ4v) is 8.28. The first-order valence-electron chi connectivity index (χ1n) is 16.9. The van der Waals surface area contributed by atoms with E-state index in [1.54, 1.807) is 12.1 Å². The van der Waals surface area contributed by atoms with E-state index in [4.69, 9.17) is 14.2 Å². The molecule has 0 bridgehead atoms. The normalized spacial score (nSPS) is 18.1. The quantitative estimate of drug-likeness (QED) is 0.139. The minimum absolute atomic E-state index is 0.0459. The molecular weight excluding hydrogens is 679 g/mol. The molecule has 1 amide bonds. The van der Waals surface area contributed by atoms with Gasteiger partial charge in [-0.3, -0.25) is 0 Å². The lowest BCUT2D eigenvalue weighted by Gasteiger charge is -2.30. The van der Waals surface area contributed by atoms with Gasteiger partial charge in [-0.2, -0.15) is 4.31 Å². The Bertz CT molecular complexity index is 1630. The van der Waals surface area contributed by atoms with Crippen LogP contribution in [-0.4, -0.2) is 86.3 Å². The average molecular weight is 725 g/mol. The number of hydrogen-bond donors (Lipinski definition) is 3. The number of rotatable bonds is 18. The molecule has 15 heteroatoms. The van der Waals surface area contributed by atoms with Crippen LogP contribution in [0.4, 0.5) is 18.7 Å². The second-order valence-corrected chi connectivity index (χ2v) is 16.1. The van der Waals surface area contributed by atoms with Crippen molar-refractivity contribution < 1.29 is 41.3 Å². The second kappa shape index (κ2) is 17.3. The number of nitrogens with zero attached hydrogens (tertiary/aromatic N) is 2. The van der Waals surface area contributed by atoms with Crippen LogP contribution in [0.25, 0.3) is 10.2 Å². The molecule has 2 aliphatic rings. The standard InChI is InChI=1S/C34H46F2N4O7S2/c1-22(2)20-40(49(43,44)27-10-11-28-31(19-27)48-33(38-28)37-26-8-9-26)21-30(41)29(17-23-15-24(35)18-25(36)16-23)39-34(42)47-14-6-5-13-46-32-7-3-4-12-45-32/h10-11,15-16,18-19,22,26,29-30,32,41H,3-9,12-14,17,20-21H2,1-2H3,(H,37,38)(H,39,42)/t29-,30+,32-/m0/s1. The van der Waals surface area contributed by atoms with E-state index >= 15 is 0 Å². The number of amides is 1. The van der Waals surface area contributed by atoms with E-state index in [-0.39, 0.29) is 48.8 Å². The van der Waals surface area contributed by atoms with E-state index in [9.17, 15) is 27.1 Å². The molecule has 1 saturated carbocycles. The summed E-state index contributed by atoms with van der Waals surface area (Å²) in [6, 6.07) is 6.93. The van der Waals surface area contributed by atoms with Gasteiger partial charge in [0, 0.05) is 38.4 Å². The minimum atomic E-state index is -4.12. The maximum Gasteiger partial charge on any atom is 0.407 e. The van der Waals surface area contributed by atoms with Crippen molar-refractivity contribution >= 4 is 42.8 Å². The van der Waals surface area contributed by atoms with Crippen molar-refractivity contribution in [3.63, 3.8) is 0 Å². The van der Waals surface area contributed by atoms with E-state index in [1.165, 1.54) is 21.7 Å². The lowest BCUT2D eigenvalue weighted by Crippen LogP contribution is -2.51. The summed E-state index contributed by atoms with van der Waals surface area (Å²) in [5.41, 5.74) is 0.854. The molecule has 5 rings (SSSR count). The number of aliphatic hydroxyl groups is 1. The van der Waals surface area contributed by atoms with Crippen LogP contribution in [0.2, 0.25) is 0 Å². The van der Waals surface area contributed by atoms with Gasteiger partial charge in [-0.05, 0) is 93.2 Å². The largest absolute Gasteiger partial charge is 0.450 e. The second-order valence-electron chi connectivity index (χ2n) is 13.1. The van der Waals surface area contributed by atoms with Crippen molar-refractivity contribution in [3.05, 3.63) is 53.6 Å². The molecule has 3 atom stereocenters. The van der Waals surface area contributed by atoms with Gasteiger partial charge in [0.1, 0.15) is 11.6 Å². The molecule has 1 aromatic heterocycles. The molecule has 1 saturated heterocycles. The van der Waals surface area contributed by atoms with Crippen molar-refractivity contribution in [2.45, 2.75) is 94.6 Å². The van der Waals surface area contributed by atoms with Gasteiger partial charge in [-0.15, -0.1) is 0 Å². The Morgan fingerprint density at radius 2 is 1.84 bits per heavy atom. The van der Waals surface area contributed by atoms with Crippen LogP contribution in [0.1, 0.15) is 64.4 Å². The maximum absolute atomic E-state index is 14.1. The molecule has 0 unspecified atom stereocenters. The lowest BCUT2D eigenvalue weighted by molar-refractivity contribution is -0.163. The van der Waals surface area contributed by atoms with Crippen molar-refractivity contribution in [1.82, 2.24) is 14.6 Å². The highest BCUT2D eigenvalue weighted by Crippen LogP contribution is 2.33. The van der Waals surface area contributed by atoms with E-state index in [0.29, 0.717) is 42.3 Å². The van der Waals surface area contributed by atoms with Crippen molar-refractivity contribution in [1.29, 1.82) is 0 Å². The third-order valence-electron chi connectivity index (χ3n) is 8.22. The number of unbranched alkanes of at least 4 members (excludes halogenated alkanes) is 1. The predicted octanol–water partition coefficient (Wildman–Crippen LogP) is 5.82. The number of anilines is 1. The van der Waals surface area contributed by atoms with Crippen LogP contribution < -0.4 is 10.6 Å². The Balaban J connectivity index is 1.25. The Labute approximate surface area is 290 Å². The van der Waals surface area contributed by atoms with Gasteiger partial charge in [0.15, 0.2) is 11.4 Å². The Morgan fingerprint density at radius 3 is 2.53 bits per heavy atom. The number of fused-ring (bicyclic) bond motifs is 1. The van der Waals surface area contributed by atoms with Crippen molar-refractivity contribution in [3.8, 4) is 0 Å². The Hall–Kier alpha value is -2.95. The maximum atomic E-state index is 14.1. The number of hydrogen-bond acceptors (Lipinski definition) is 10. The van der Waals surface area contributed by atoms with E-state index in [0.717, 1.165) is 55.4 Å². The van der Waals surface area contributed by atoms with E-state index in [1.807, 2.05) is 13.8 Å². The number of carbonyl (C=O) groups excluding carboxylic acids is 1. The molecule has 1 aliphatic heterocycles. The first kappa shape index (κ1) is 37.3. The van der Waals surface area contributed by atoms with E-state index in [2.05, 4.69) is 15.6 Å². The summed E-state index contributed by atoms with van der Waals surface area (Å²) in [4.78, 5) is 17.5. The van der Waals surface area contributed by atoms with E-state index < -0.39 is 39.9 Å². The minimum Gasteiger partial charge on any atom is -0.450 e. The van der Waals surface area contributed by atoms with Crippen LogP contribution in [0, 0.1) is 17.6 Å². The molecule has 3 aromatic rings. The van der Waals surface area contributed by atoms with Crippen LogP contribution in [0.3, 0.4) is 0 Å². The number of nitrogens with one attached hydrogen (secondary N) is 2. The Morgan fingerprint density at radius 1 is 1.08 bits per heavy atom. The molecular formula is C34H46F2N4O7S2. The van der Waals surface area contributed by atoms with Gasteiger partial charge < -0.3 is 30.0 Å². The van der Waals surface area contributed by atoms with Gasteiger partial charge in [-0.1, -0.05) is 25.2 Å². The highest BCUT2D eigenvalue weighted by atomic mass is 32.2. The van der Waals surface area contributed by atoms with Gasteiger partial charge in [-0.25, -0.2) is 27.0 Å². The molecule has 1 aliphatic carbocycles. The van der Waals surface area contributed by atoms with Crippen LogP contribution in [0.15, 0.2) is 41.3 Å². The smallest absolute Gasteiger partial charge is 0.407 e. The summed E-state index contributed by atoms with van der Waals surface area (Å²) < 4.78 is 74.7. The third-order valence-corrected chi connectivity index (χ3v) is 11.0. The van der Waals surface area contributed by atoms with Gasteiger partial charge in [0.25, 0.3) is 0 Å². The number of ether oxygens (including phenoxy) is 3. The first-order chi connectivity index (χ1) is 23.5. The summed E-state index contributed by atoms with van der Waals surface area (Å²) >= 11 is 1.38. The number of aliphatic hydroxyl groups excluding tert-OH is 1. The summed E-state index contributed by atoms with van der Waals surface area (Å²) in [5.74, 6) is -1.74. The zero-order valence-corrected chi connectivity index (χ0v) is 29.5. The SMILES string of the molecule is CC(C)CN(C[C@@H](O)[C@H](Cc1cc(F)cc(F)c1)NC(=O)OCCCCO[C@H]1CCCCO1)S(=O)(=O)c1ccc2nc(NC3CC3)sc2c1. The fraction of sp³-hybridized carbons (Fsp3) is 0.588. The predicted molar refractivity (Wildman–Crippen MR) is 183 cm³/mol. The topological polar surface area (TPSA) is 139 Å². The van der Waals surface area contributed by atoms with Gasteiger partial charge in [0.2, 0.25) is 10.0 Å². The van der Waals surface area contributed by atoms with Crippen molar-refractivity contribution in [2.75, 3.05) is 38.2 Å². The van der Waals surface area contributed by atoms with Crippen LogP contribution >= 0.6 is 11.3 Å². The number of alkyl carbamates (subject to hydrolysis) is 1. The molecule has 2 heterocycles. The molecule has 2 aromatic carbocycles. The highest BCUT2D eigenvalue weighted by Gasteiger charge is 2.32.